The van der Waals surface area contributed by atoms with Crippen LogP contribution in [-0.2, 0) is 9.59 Å². The van der Waals surface area contributed by atoms with E-state index in [1.807, 2.05) is 34.6 Å². The van der Waals surface area contributed by atoms with E-state index in [1.165, 1.54) is 0 Å². The van der Waals surface area contributed by atoms with E-state index in [0.29, 0.717) is 12.8 Å². The SMILES string of the molecule is CCC(CC)(CNC(=O)CC(N)C(C)(C)C)C(=O)O. The van der Waals surface area contributed by atoms with Gasteiger partial charge >= 0.3 is 5.97 Å². The summed E-state index contributed by atoms with van der Waals surface area (Å²) in [4.78, 5) is 23.1. The maximum Gasteiger partial charge on any atom is 0.311 e. The van der Waals surface area contributed by atoms with Crippen molar-refractivity contribution in [3.63, 3.8) is 0 Å². The Balaban J connectivity index is 4.47. The number of aliphatic carboxylic acids is 1. The molecule has 1 unspecified atom stereocenters. The lowest BCUT2D eigenvalue weighted by Crippen LogP contribution is -2.45. The minimum absolute atomic E-state index is 0.142. The third kappa shape index (κ3) is 5.19. The molecule has 0 saturated heterocycles. The number of nitrogens with one attached hydrogen (secondary N) is 1. The summed E-state index contributed by atoms with van der Waals surface area (Å²) >= 11 is 0. The highest BCUT2D eigenvalue weighted by molar-refractivity contribution is 5.79. The molecule has 0 fully saturated rings. The number of carboxylic acid groups (broad SMARTS) is 1. The number of nitrogens with two attached hydrogens (primary N) is 1. The Kier molecular flexibility index (Phi) is 6.49. The number of hydrogen-bond acceptors (Lipinski definition) is 3. The molecule has 0 saturated carbocycles. The number of carbonyl (C=O) groups is 2. The molecule has 1 amide bonds. The first-order valence-corrected chi connectivity index (χ1v) is 6.84. The Morgan fingerprint density at radius 2 is 1.68 bits per heavy atom. The molecule has 19 heavy (non-hydrogen) atoms. The number of rotatable bonds is 7. The molecule has 0 heterocycles. The summed E-state index contributed by atoms with van der Waals surface area (Å²) in [6.45, 7) is 9.74. The first kappa shape index (κ1) is 17.9. The van der Waals surface area contributed by atoms with E-state index in [1.54, 1.807) is 0 Å². The molecule has 0 radical (unpaired) electrons. The van der Waals surface area contributed by atoms with Gasteiger partial charge in [-0.1, -0.05) is 34.6 Å². The van der Waals surface area contributed by atoms with Gasteiger partial charge in [-0.15, -0.1) is 0 Å². The molecular weight excluding hydrogens is 244 g/mol. The molecule has 5 nitrogen and oxygen atoms in total. The summed E-state index contributed by atoms with van der Waals surface area (Å²) in [6, 6.07) is -0.241. The van der Waals surface area contributed by atoms with E-state index in [2.05, 4.69) is 5.32 Å². The highest BCUT2D eigenvalue weighted by Gasteiger charge is 2.35. The van der Waals surface area contributed by atoms with Crippen molar-refractivity contribution in [2.75, 3.05) is 6.54 Å². The van der Waals surface area contributed by atoms with Crippen LogP contribution < -0.4 is 11.1 Å². The molecule has 1 atom stereocenters. The van der Waals surface area contributed by atoms with Crippen LogP contribution in [-0.4, -0.2) is 29.6 Å². The zero-order valence-corrected chi connectivity index (χ0v) is 12.7. The van der Waals surface area contributed by atoms with E-state index in [9.17, 15) is 14.7 Å². The van der Waals surface area contributed by atoms with Crippen LogP contribution in [0.15, 0.2) is 0 Å². The zero-order valence-electron chi connectivity index (χ0n) is 12.7. The molecule has 0 spiro atoms. The maximum atomic E-state index is 11.8. The van der Waals surface area contributed by atoms with Gasteiger partial charge in [0.1, 0.15) is 0 Å². The zero-order chi connectivity index (χ0) is 15.3. The van der Waals surface area contributed by atoms with Crippen molar-refractivity contribution in [3.05, 3.63) is 0 Å². The largest absolute Gasteiger partial charge is 0.481 e. The van der Waals surface area contributed by atoms with Crippen molar-refractivity contribution in [1.29, 1.82) is 0 Å². The second kappa shape index (κ2) is 6.89. The van der Waals surface area contributed by atoms with Crippen molar-refractivity contribution in [1.82, 2.24) is 5.32 Å². The highest BCUT2D eigenvalue weighted by Crippen LogP contribution is 2.26. The van der Waals surface area contributed by atoms with Gasteiger partial charge in [0.25, 0.3) is 0 Å². The second-order valence-electron chi connectivity index (χ2n) is 6.25. The van der Waals surface area contributed by atoms with Crippen molar-refractivity contribution in [2.45, 2.75) is 59.9 Å². The lowest BCUT2D eigenvalue weighted by molar-refractivity contribution is -0.149. The molecule has 4 N–H and O–H groups in total. The summed E-state index contributed by atoms with van der Waals surface area (Å²) in [7, 11) is 0. The molecule has 0 aliphatic carbocycles. The third-order valence-electron chi connectivity index (χ3n) is 3.95. The fourth-order valence-corrected chi connectivity index (χ4v) is 1.72. The molecule has 0 aliphatic heterocycles. The van der Waals surface area contributed by atoms with Crippen LogP contribution in [0.5, 0.6) is 0 Å². The topological polar surface area (TPSA) is 92.4 Å². The van der Waals surface area contributed by atoms with Gasteiger partial charge < -0.3 is 16.2 Å². The summed E-state index contributed by atoms with van der Waals surface area (Å²) in [5.41, 5.74) is 4.92. The number of carboxylic acids is 1. The summed E-state index contributed by atoms with van der Waals surface area (Å²) in [6.07, 6.45) is 1.20. The van der Waals surface area contributed by atoms with Crippen LogP contribution >= 0.6 is 0 Å². The quantitative estimate of drug-likeness (QED) is 0.658. The minimum Gasteiger partial charge on any atom is -0.481 e. The van der Waals surface area contributed by atoms with Gasteiger partial charge in [0.2, 0.25) is 5.91 Å². The predicted molar refractivity (Wildman–Crippen MR) is 75.7 cm³/mol. The Bertz CT molecular complexity index is 317. The van der Waals surface area contributed by atoms with Crippen LogP contribution in [0, 0.1) is 10.8 Å². The molecule has 0 bridgehead atoms. The summed E-state index contributed by atoms with van der Waals surface area (Å²) in [5.74, 6) is -1.05. The van der Waals surface area contributed by atoms with E-state index in [0.717, 1.165) is 0 Å². The summed E-state index contributed by atoms with van der Waals surface area (Å²) < 4.78 is 0. The number of carbonyl (C=O) groups excluding carboxylic acids is 1. The van der Waals surface area contributed by atoms with E-state index < -0.39 is 11.4 Å². The van der Waals surface area contributed by atoms with Crippen molar-refractivity contribution in [2.24, 2.45) is 16.6 Å². The van der Waals surface area contributed by atoms with Crippen LogP contribution in [0.3, 0.4) is 0 Å². The minimum atomic E-state index is -0.874. The fourth-order valence-electron chi connectivity index (χ4n) is 1.72. The van der Waals surface area contributed by atoms with Crippen LogP contribution in [0.2, 0.25) is 0 Å². The average Bonchev–Trinajstić information content (AvgIpc) is 2.29. The maximum absolute atomic E-state index is 11.8. The van der Waals surface area contributed by atoms with Gasteiger partial charge in [-0.3, -0.25) is 9.59 Å². The second-order valence-corrected chi connectivity index (χ2v) is 6.25. The third-order valence-corrected chi connectivity index (χ3v) is 3.95. The molecular formula is C14H28N2O3. The standard InChI is InChI=1S/C14H28N2O3/c1-6-14(7-2,12(18)19)9-16-11(17)8-10(15)13(3,4)5/h10H,6-9,15H2,1-5H3,(H,16,17)(H,18,19). The molecule has 0 aromatic rings. The fraction of sp³-hybridized carbons (Fsp3) is 0.857. The smallest absolute Gasteiger partial charge is 0.311 e. The molecule has 0 aliphatic rings. The number of hydrogen-bond donors (Lipinski definition) is 3. The first-order chi connectivity index (χ1) is 8.59. The van der Waals surface area contributed by atoms with Crippen molar-refractivity contribution in [3.8, 4) is 0 Å². The molecule has 0 rings (SSSR count). The lowest BCUT2D eigenvalue weighted by atomic mass is 9.82. The van der Waals surface area contributed by atoms with E-state index in [4.69, 9.17) is 5.73 Å². The van der Waals surface area contributed by atoms with E-state index in [-0.39, 0.29) is 30.3 Å². The van der Waals surface area contributed by atoms with E-state index >= 15 is 0 Å². The van der Waals surface area contributed by atoms with Crippen LogP contribution in [0.4, 0.5) is 0 Å². The predicted octanol–water partition coefficient (Wildman–Crippen LogP) is 1.76. The highest BCUT2D eigenvalue weighted by atomic mass is 16.4. The monoisotopic (exact) mass is 272 g/mol. The molecule has 5 heteroatoms. The molecule has 0 aromatic carbocycles. The molecule has 112 valence electrons. The van der Waals surface area contributed by atoms with Gasteiger partial charge in [0.15, 0.2) is 0 Å². The Hall–Kier alpha value is -1.10. The van der Waals surface area contributed by atoms with Gasteiger partial charge in [0.05, 0.1) is 5.41 Å². The first-order valence-electron chi connectivity index (χ1n) is 6.84. The van der Waals surface area contributed by atoms with Crippen LogP contribution in [0.25, 0.3) is 0 Å². The van der Waals surface area contributed by atoms with Gasteiger partial charge in [-0.2, -0.15) is 0 Å². The van der Waals surface area contributed by atoms with Gasteiger partial charge in [-0.25, -0.2) is 0 Å². The average molecular weight is 272 g/mol. The summed E-state index contributed by atoms with van der Waals surface area (Å²) in [5, 5.41) is 12.0. The van der Waals surface area contributed by atoms with Crippen molar-refractivity contribution >= 4 is 11.9 Å². The Morgan fingerprint density at radius 1 is 1.21 bits per heavy atom. The van der Waals surface area contributed by atoms with Gasteiger partial charge in [0, 0.05) is 19.0 Å². The lowest BCUT2D eigenvalue weighted by Gasteiger charge is -2.29. The molecule has 0 aromatic heterocycles. The Labute approximate surface area is 115 Å². The normalized spacial score (nSPS) is 14.0. The number of amides is 1. The van der Waals surface area contributed by atoms with Crippen molar-refractivity contribution < 1.29 is 14.7 Å². The van der Waals surface area contributed by atoms with Gasteiger partial charge in [-0.05, 0) is 18.3 Å². The Morgan fingerprint density at radius 3 is 2.00 bits per heavy atom. The van der Waals surface area contributed by atoms with Crippen LogP contribution in [0.1, 0.15) is 53.9 Å².